The van der Waals surface area contributed by atoms with Gasteiger partial charge in [-0.15, -0.1) is 5.10 Å². The lowest BCUT2D eigenvalue weighted by Crippen LogP contribution is -2.17. The predicted octanol–water partition coefficient (Wildman–Crippen LogP) is 3.30. The Hall–Kier alpha value is -1.62. The van der Waals surface area contributed by atoms with Gasteiger partial charge in [0.2, 0.25) is 0 Å². The van der Waals surface area contributed by atoms with Crippen molar-refractivity contribution in [2.75, 3.05) is 23.8 Å². The van der Waals surface area contributed by atoms with E-state index in [1.165, 1.54) is 22.8 Å². The largest absolute Gasteiger partial charge is 0.374 e. The molecular weight excluding hydrogens is 256 g/mol. The molecule has 0 aliphatic rings. The second kappa shape index (κ2) is 6.52. The molecule has 1 aromatic heterocycles. The van der Waals surface area contributed by atoms with E-state index in [0.717, 1.165) is 30.2 Å². The van der Waals surface area contributed by atoms with Gasteiger partial charge in [0.25, 0.3) is 0 Å². The van der Waals surface area contributed by atoms with Gasteiger partial charge < -0.3 is 10.2 Å². The van der Waals surface area contributed by atoms with E-state index in [1.54, 1.807) is 0 Å². The Morgan fingerprint density at radius 1 is 1.37 bits per heavy atom. The van der Waals surface area contributed by atoms with Crippen molar-refractivity contribution in [1.29, 1.82) is 0 Å². The number of anilines is 2. The highest BCUT2D eigenvalue weighted by Crippen LogP contribution is 2.22. The Morgan fingerprint density at radius 2 is 2.21 bits per heavy atom. The van der Waals surface area contributed by atoms with Crippen molar-refractivity contribution in [2.24, 2.45) is 0 Å². The van der Waals surface area contributed by atoms with E-state index in [2.05, 4.69) is 65.0 Å². The molecule has 2 aromatic rings. The van der Waals surface area contributed by atoms with Crippen molar-refractivity contribution in [2.45, 2.75) is 26.8 Å². The summed E-state index contributed by atoms with van der Waals surface area (Å²) in [5.74, 6) is 0. The van der Waals surface area contributed by atoms with Crippen LogP contribution in [0, 0.1) is 6.92 Å². The number of aromatic nitrogens is 2. The predicted molar refractivity (Wildman–Crippen MR) is 82.0 cm³/mol. The first kappa shape index (κ1) is 13.8. The number of nitrogens with one attached hydrogen (secondary N) is 1. The summed E-state index contributed by atoms with van der Waals surface area (Å²) >= 11 is 1.43. The van der Waals surface area contributed by atoms with Crippen LogP contribution in [0.5, 0.6) is 0 Å². The average molecular weight is 276 g/mol. The zero-order chi connectivity index (χ0) is 13.7. The van der Waals surface area contributed by atoms with E-state index in [0.29, 0.717) is 0 Å². The maximum absolute atomic E-state index is 4.22. The summed E-state index contributed by atoms with van der Waals surface area (Å²) in [4.78, 5) is 2.20. The highest BCUT2D eigenvalue weighted by molar-refractivity contribution is 7.10. The molecule has 1 heterocycles. The zero-order valence-electron chi connectivity index (χ0n) is 11.7. The molecular formula is C14H20N4S. The first-order chi connectivity index (χ1) is 9.20. The molecule has 0 aliphatic carbocycles. The van der Waals surface area contributed by atoms with Gasteiger partial charge in [0.05, 0.1) is 6.54 Å². The molecule has 0 bridgehead atoms. The maximum atomic E-state index is 4.22. The number of aryl methyl sites for hydroxylation is 1. The third kappa shape index (κ3) is 3.67. The van der Waals surface area contributed by atoms with Gasteiger partial charge >= 0.3 is 0 Å². The Morgan fingerprint density at radius 3 is 2.95 bits per heavy atom. The lowest BCUT2D eigenvalue weighted by Gasteiger charge is -2.19. The minimum Gasteiger partial charge on any atom is -0.374 e. The number of nitrogens with zero attached hydrogens (tertiary/aromatic N) is 3. The summed E-state index contributed by atoms with van der Waals surface area (Å²) in [5.41, 5.74) is 3.49. The third-order valence-electron chi connectivity index (χ3n) is 2.92. The fourth-order valence-corrected chi connectivity index (χ4v) is 2.46. The summed E-state index contributed by atoms with van der Waals surface area (Å²) in [6.07, 6.45) is 1.10. The molecule has 19 heavy (non-hydrogen) atoms. The molecule has 0 saturated carbocycles. The Labute approximate surface area is 118 Å². The molecule has 0 amide bonds. The number of benzene rings is 1. The lowest BCUT2D eigenvalue weighted by atomic mass is 10.2. The van der Waals surface area contributed by atoms with E-state index < -0.39 is 0 Å². The molecule has 0 fully saturated rings. The lowest BCUT2D eigenvalue weighted by molar-refractivity contribution is 0.868. The standard InChI is InChI=1S/C14H20N4S/c1-4-8-15-14-13(16-17-19-14)10-18(3)12-7-5-6-11(2)9-12/h5-7,9,15H,4,8,10H2,1-3H3. The van der Waals surface area contributed by atoms with Gasteiger partial charge in [-0.3, -0.25) is 0 Å². The summed E-state index contributed by atoms with van der Waals surface area (Å²) in [6.45, 7) is 5.99. The number of rotatable bonds is 6. The first-order valence-corrected chi connectivity index (χ1v) is 7.31. The highest BCUT2D eigenvalue weighted by atomic mass is 32.1. The minimum atomic E-state index is 0.770. The van der Waals surface area contributed by atoms with Gasteiger partial charge in [-0.2, -0.15) is 0 Å². The van der Waals surface area contributed by atoms with Crippen LogP contribution in [-0.4, -0.2) is 23.2 Å². The van der Waals surface area contributed by atoms with Crippen LogP contribution in [0.3, 0.4) is 0 Å². The van der Waals surface area contributed by atoms with Crippen LogP contribution in [0.15, 0.2) is 24.3 Å². The quantitative estimate of drug-likeness (QED) is 0.879. The smallest absolute Gasteiger partial charge is 0.135 e. The molecule has 0 atom stereocenters. The third-order valence-corrected chi connectivity index (χ3v) is 3.65. The molecule has 0 aliphatic heterocycles. The molecule has 0 spiro atoms. The van der Waals surface area contributed by atoms with E-state index >= 15 is 0 Å². The molecule has 102 valence electrons. The van der Waals surface area contributed by atoms with E-state index in [4.69, 9.17) is 0 Å². The Bertz CT molecular complexity index is 524. The van der Waals surface area contributed by atoms with Gasteiger partial charge in [0.1, 0.15) is 10.7 Å². The number of hydrogen-bond donors (Lipinski definition) is 1. The van der Waals surface area contributed by atoms with Crippen molar-refractivity contribution >= 4 is 22.2 Å². The maximum Gasteiger partial charge on any atom is 0.135 e. The zero-order valence-corrected chi connectivity index (χ0v) is 12.5. The van der Waals surface area contributed by atoms with Crippen LogP contribution in [0.25, 0.3) is 0 Å². The van der Waals surface area contributed by atoms with Gasteiger partial charge in [0, 0.05) is 30.8 Å². The Kier molecular flexibility index (Phi) is 4.74. The summed E-state index contributed by atoms with van der Waals surface area (Å²) < 4.78 is 4.04. The topological polar surface area (TPSA) is 41.1 Å². The minimum absolute atomic E-state index is 0.770. The van der Waals surface area contributed by atoms with Crippen molar-refractivity contribution in [3.05, 3.63) is 35.5 Å². The van der Waals surface area contributed by atoms with E-state index in [-0.39, 0.29) is 0 Å². The van der Waals surface area contributed by atoms with Crippen LogP contribution >= 0.6 is 11.5 Å². The fraction of sp³-hybridized carbons (Fsp3) is 0.429. The second-order valence-corrected chi connectivity index (χ2v) is 5.42. The number of hydrogen-bond acceptors (Lipinski definition) is 5. The van der Waals surface area contributed by atoms with Gasteiger partial charge in [-0.05, 0) is 31.0 Å². The molecule has 0 saturated heterocycles. The van der Waals surface area contributed by atoms with Gasteiger partial charge in [0.15, 0.2) is 0 Å². The van der Waals surface area contributed by atoms with Crippen LogP contribution in [-0.2, 0) is 6.54 Å². The first-order valence-electron chi connectivity index (χ1n) is 6.53. The highest BCUT2D eigenvalue weighted by Gasteiger charge is 2.10. The molecule has 2 rings (SSSR count). The molecule has 1 aromatic carbocycles. The summed E-state index contributed by atoms with van der Waals surface area (Å²) in [6, 6.07) is 8.48. The van der Waals surface area contributed by atoms with E-state index in [1.807, 2.05) is 0 Å². The van der Waals surface area contributed by atoms with Crippen LogP contribution in [0.4, 0.5) is 10.7 Å². The molecule has 0 radical (unpaired) electrons. The average Bonchev–Trinajstić information content (AvgIpc) is 2.83. The molecule has 1 N–H and O–H groups in total. The summed E-state index contributed by atoms with van der Waals surface area (Å²) in [7, 11) is 2.08. The van der Waals surface area contributed by atoms with Crippen molar-refractivity contribution < 1.29 is 0 Å². The van der Waals surface area contributed by atoms with Crippen molar-refractivity contribution in [1.82, 2.24) is 9.59 Å². The van der Waals surface area contributed by atoms with Crippen molar-refractivity contribution in [3.63, 3.8) is 0 Å². The van der Waals surface area contributed by atoms with Crippen molar-refractivity contribution in [3.8, 4) is 0 Å². The normalized spacial score (nSPS) is 10.5. The monoisotopic (exact) mass is 276 g/mol. The SMILES string of the molecule is CCCNc1snnc1CN(C)c1cccc(C)c1. The Balaban J connectivity index is 2.06. The fourth-order valence-electron chi connectivity index (χ4n) is 1.87. The second-order valence-electron chi connectivity index (χ2n) is 4.67. The van der Waals surface area contributed by atoms with Gasteiger partial charge in [-0.25, -0.2) is 0 Å². The van der Waals surface area contributed by atoms with Crippen LogP contribution in [0.2, 0.25) is 0 Å². The molecule has 0 unspecified atom stereocenters. The van der Waals surface area contributed by atoms with Crippen LogP contribution in [0.1, 0.15) is 24.6 Å². The summed E-state index contributed by atoms with van der Waals surface area (Å²) in [5, 5.41) is 8.68. The van der Waals surface area contributed by atoms with Crippen LogP contribution < -0.4 is 10.2 Å². The molecule has 4 nitrogen and oxygen atoms in total. The van der Waals surface area contributed by atoms with Gasteiger partial charge in [-0.1, -0.05) is 23.5 Å². The van der Waals surface area contributed by atoms with E-state index in [9.17, 15) is 0 Å². The molecule has 5 heteroatoms.